The van der Waals surface area contributed by atoms with E-state index < -0.39 is 6.61 Å². The first kappa shape index (κ1) is 21.1. The van der Waals surface area contributed by atoms with Crippen molar-refractivity contribution in [3.05, 3.63) is 89.0 Å². The molecule has 1 aliphatic rings. The number of hydrogen-bond donors (Lipinski definition) is 0. The fourth-order valence-electron chi connectivity index (χ4n) is 2.88. The Bertz CT molecular complexity index is 1130. The molecule has 1 aliphatic heterocycles. The molecule has 2 aromatic carbocycles. The van der Waals surface area contributed by atoms with E-state index in [0.717, 1.165) is 5.56 Å². The lowest BCUT2D eigenvalue weighted by Crippen LogP contribution is -2.30. The van der Waals surface area contributed by atoms with Crippen LogP contribution in [0.4, 0.5) is 14.5 Å². The molecular weight excluding hydrogens is 446 g/mol. The molecule has 0 radical (unpaired) electrons. The maximum atomic E-state index is 13.1. The molecule has 4 rings (SSSR count). The number of rotatable bonds is 6. The molecule has 9 heteroatoms. The minimum atomic E-state index is -2.92. The quantitative estimate of drug-likeness (QED) is 0.410. The second-order valence-corrected chi connectivity index (χ2v) is 7.75. The number of thioether (sulfide) groups is 1. The Kier molecular flexibility index (Phi) is 6.39. The summed E-state index contributed by atoms with van der Waals surface area (Å²) >= 11 is 7.41. The van der Waals surface area contributed by atoms with Crippen LogP contribution in [0.2, 0.25) is 5.02 Å². The average Bonchev–Trinajstić information content (AvgIpc) is 3.35. The zero-order chi connectivity index (χ0) is 21.8. The van der Waals surface area contributed by atoms with E-state index in [2.05, 4.69) is 9.73 Å². The molecule has 3 aromatic rings. The van der Waals surface area contributed by atoms with Crippen molar-refractivity contribution in [3.63, 3.8) is 0 Å². The molecule has 2 heterocycles. The zero-order valence-electron chi connectivity index (χ0n) is 15.9. The summed E-state index contributed by atoms with van der Waals surface area (Å²) in [5, 5.41) is 1.07. The summed E-state index contributed by atoms with van der Waals surface area (Å²) in [6.45, 7) is -2.92. The molecule has 0 saturated heterocycles. The van der Waals surface area contributed by atoms with Crippen molar-refractivity contribution in [1.29, 1.82) is 0 Å². The monoisotopic (exact) mass is 460 g/mol. The second kappa shape index (κ2) is 9.36. The van der Waals surface area contributed by atoms with Gasteiger partial charge in [-0.25, -0.2) is 4.99 Å². The van der Waals surface area contributed by atoms with Gasteiger partial charge in [0.2, 0.25) is 0 Å². The van der Waals surface area contributed by atoms with Crippen LogP contribution >= 0.6 is 23.4 Å². The van der Waals surface area contributed by atoms with Crippen molar-refractivity contribution >= 4 is 46.2 Å². The minimum Gasteiger partial charge on any atom is -0.465 e. The number of halogens is 3. The van der Waals surface area contributed by atoms with Crippen molar-refractivity contribution in [2.45, 2.75) is 12.4 Å². The molecule has 1 amide bonds. The van der Waals surface area contributed by atoms with Crippen LogP contribution in [0.15, 0.2) is 82.0 Å². The first-order chi connectivity index (χ1) is 15.0. The molecule has 0 fully saturated rings. The number of amidine groups is 1. The fourth-order valence-corrected chi connectivity index (χ4v) is 4.05. The summed E-state index contributed by atoms with van der Waals surface area (Å²) in [4.78, 5) is 19.0. The van der Waals surface area contributed by atoms with Crippen LogP contribution in [0.5, 0.6) is 5.75 Å². The third-order valence-corrected chi connectivity index (χ3v) is 5.47. The van der Waals surface area contributed by atoms with Gasteiger partial charge in [0.1, 0.15) is 17.2 Å². The number of anilines is 1. The highest BCUT2D eigenvalue weighted by Gasteiger charge is 2.32. The molecule has 0 spiro atoms. The Hall–Kier alpha value is -3.10. The number of ether oxygens (including phenoxy) is 1. The van der Waals surface area contributed by atoms with Gasteiger partial charge < -0.3 is 9.15 Å². The van der Waals surface area contributed by atoms with Crippen molar-refractivity contribution in [3.8, 4) is 5.75 Å². The molecule has 0 bridgehead atoms. The number of carbonyl (C=O) groups is 1. The molecule has 0 atom stereocenters. The number of amides is 1. The normalized spacial score (nSPS) is 15.1. The maximum Gasteiger partial charge on any atom is 0.387 e. The highest BCUT2D eigenvalue weighted by molar-refractivity contribution is 8.13. The number of benzene rings is 2. The summed E-state index contributed by atoms with van der Waals surface area (Å²) in [5.74, 6) is 0.673. The van der Waals surface area contributed by atoms with Gasteiger partial charge in [-0.05, 0) is 54.1 Å². The summed E-state index contributed by atoms with van der Waals surface area (Å²) in [7, 11) is 0. The van der Waals surface area contributed by atoms with Gasteiger partial charge in [0.05, 0.1) is 12.0 Å². The van der Waals surface area contributed by atoms with Crippen molar-refractivity contribution in [1.82, 2.24) is 0 Å². The van der Waals surface area contributed by atoms with Crippen LogP contribution in [-0.2, 0) is 10.5 Å². The Balaban J connectivity index is 1.62. The number of carbonyl (C=O) groups excluding carboxylic acids is 1. The zero-order valence-corrected chi connectivity index (χ0v) is 17.4. The summed E-state index contributed by atoms with van der Waals surface area (Å²) in [6, 6.07) is 16.6. The molecule has 0 aliphatic carbocycles. The molecule has 31 heavy (non-hydrogen) atoms. The molecule has 0 unspecified atom stereocenters. The minimum absolute atomic E-state index is 0.00168. The van der Waals surface area contributed by atoms with E-state index in [1.165, 1.54) is 47.2 Å². The van der Waals surface area contributed by atoms with Gasteiger partial charge in [-0.15, -0.1) is 0 Å². The Morgan fingerprint density at radius 2 is 1.97 bits per heavy atom. The van der Waals surface area contributed by atoms with E-state index in [1.54, 1.807) is 24.3 Å². The predicted molar refractivity (Wildman–Crippen MR) is 117 cm³/mol. The standard InChI is InChI=1S/C22H15ClF2N2O3S/c23-15-4-1-3-14(11-15)13-31-22-26-19(12-18-5-2-10-29-18)20(28)27(22)16-6-8-17(9-7-16)30-21(24)25/h1-12,21H,13H2/b19-12-. The summed E-state index contributed by atoms with van der Waals surface area (Å²) < 4.78 is 34.5. The third-order valence-electron chi connectivity index (χ3n) is 4.23. The van der Waals surface area contributed by atoms with E-state index in [0.29, 0.717) is 27.4 Å². The molecule has 0 N–H and O–H groups in total. The third kappa shape index (κ3) is 5.15. The number of hydrogen-bond acceptors (Lipinski definition) is 5. The maximum absolute atomic E-state index is 13.1. The van der Waals surface area contributed by atoms with Crippen molar-refractivity contribution in [2.24, 2.45) is 4.99 Å². The smallest absolute Gasteiger partial charge is 0.387 e. The van der Waals surface area contributed by atoms with Crippen molar-refractivity contribution < 1.29 is 22.7 Å². The van der Waals surface area contributed by atoms with Crippen LogP contribution in [0.25, 0.3) is 6.08 Å². The van der Waals surface area contributed by atoms with Gasteiger partial charge in [0, 0.05) is 16.9 Å². The van der Waals surface area contributed by atoms with Crippen LogP contribution < -0.4 is 9.64 Å². The van der Waals surface area contributed by atoms with E-state index in [9.17, 15) is 13.6 Å². The topological polar surface area (TPSA) is 55.0 Å². The van der Waals surface area contributed by atoms with Gasteiger partial charge in [0.25, 0.3) is 5.91 Å². The average molecular weight is 461 g/mol. The summed E-state index contributed by atoms with van der Waals surface area (Å²) in [6.07, 6.45) is 3.06. The predicted octanol–water partition coefficient (Wildman–Crippen LogP) is 6.21. The van der Waals surface area contributed by atoms with Crippen LogP contribution in [0.3, 0.4) is 0 Å². The van der Waals surface area contributed by atoms with Gasteiger partial charge in [-0.2, -0.15) is 8.78 Å². The molecular formula is C22H15ClF2N2O3S. The van der Waals surface area contributed by atoms with Crippen molar-refractivity contribution in [2.75, 3.05) is 4.90 Å². The molecule has 5 nitrogen and oxygen atoms in total. The Morgan fingerprint density at radius 3 is 2.65 bits per heavy atom. The summed E-state index contributed by atoms with van der Waals surface area (Å²) in [5.41, 5.74) is 1.65. The highest BCUT2D eigenvalue weighted by atomic mass is 35.5. The van der Waals surface area contributed by atoms with Gasteiger partial charge in [0.15, 0.2) is 5.17 Å². The van der Waals surface area contributed by atoms with Gasteiger partial charge in [-0.1, -0.05) is 35.5 Å². The molecule has 0 saturated carbocycles. The number of alkyl halides is 2. The second-order valence-electron chi connectivity index (χ2n) is 6.37. The molecule has 1 aromatic heterocycles. The first-order valence-corrected chi connectivity index (χ1v) is 10.5. The van der Waals surface area contributed by atoms with Gasteiger partial charge >= 0.3 is 6.61 Å². The lowest BCUT2D eigenvalue weighted by Gasteiger charge is -2.18. The number of furan rings is 1. The highest BCUT2D eigenvalue weighted by Crippen LogP contribution is 2.32. The SMILES string of the molecule is O=C1/C(=C/c2ccco2)N=C(SCc2cccc(Cl)c2)N1c1ccc(OC(F)F)cc1. The lowest BCUT2D eigenvalue weighted by atomic mass is 10.2. The van der Waals surface area contributed by atoms with Crippen LogP contribution in [-0.4, -0.2) is 17.7 Å². The lowest BCUT2D eigenvalue weighted by molar-refractivity contribution is -0.113. The van der Waals surface area contributed by atoms with Gasteiger partial charge in [-0.3, -0.25) is 9.69 Å². The van der Waals surface area contributed by atoms with Crippen LogP contribution in [0.1, 0.15) is 11.3 Å². The fraction of sp³-hybridized carbons (Fsp3) is 0.0909. The first-order valence-electron chi connectivity index (χ1n) is 9.10. The van der Waals surface area contributed by atoms with E-state index in [-0.39, 0.29) is 17.4 Å². The van der Waals surface area contributed by atoms with Crippen LogP contribution in [0, 0.1) is 0 Å². The number of aliphatic imine (C=N–C) groups is 1. The van der Waals surface area contributed by atoms with E-state index in [4.69, 9.17) is 16.0 Å². The van der Waals surface area contributed by atoms with E-state index in [1.807, 2.05) is 18.2 Å². The number of nitrogens with zero attached hydrogens (tertiary/aromatic N) is 2. The Labute approximate surface area is 186 Å². The Morgan fingerprint density at radius 1 is 1.16 bits per heavy atom. The molecule has 158 valence electrons. The van der Waals surface area contributed by atoms with E-state index >= 15 is 0 Å². The largest absolute Gasteiger partial charge is 0.465 e.